The minimum atomic E-state index is -0.641. The topological polar surface area (TPSA) is 110 Å². The van der Waals surface area contributed by atoms with E-state index in [2.05, 4.69) is 46.1 Å². The quantitative estimate of drug-likeness (QED) is 0.435. The normalized spacial score (nSPS) is 21.1. The second-order valence-corrected chi connectivity index (χ2v) is 11.3. The lowest BCUT2D eigenvalue weighted by Gasteiger charge is -2.43. The number of aliphatic imine (C=N–C) groups is 1. The zero-order chi connectivity index (χ0) is 28.1. The van der Waals surface area contributed by atoms with Crippen LogP contribution in [0.2, 0.25) is 0 Å². The molecule has 2 aromatic rings. The molecule has 0 aliphatic carbocycles. The highest BCUT2D eigenvalue weighted by molar-refractivity contribution is 6.04. The van der Waals surface area contributed by atoms with Crippen LogP contribution in [0.15, 0.2) is 29.4 Å². The number of anilines is 1. The molecule has 0 aromatic carbocycles. The summed E-state index contributed by atoms with van der Waals surface area (Å²) in [5.41, 5.74) is 3.08. The van der Waals surface area contributed by atoms with Crippen molar-refractivity contribution in [3.8, 4) is 11.9 Å². The Labute approximate surface area is 228 Å². The van der Waals surface area contributed by atoms with Crippen molar-refractivity contribution < 1.29 is 18.8 Å². The zero-order valence-electron chi connectivity index (χ0n) is 23.4. The Morgan fingerprint density at radius 3 is 2.69 bits per heavy atom. The molecule has 1 amide bonds. The second kappa shape index (κ2) is 9.93. The van der Waals surface area contributed by atoms with Gasteiger partial charge < -0.3 is 19.3 Å². The Morgan fingerprint density at radius 1 is 1.31 bits per heavy atom. The molecule has 5 heterocycles. The van der Waals surface area contributed by atoms with Gasteiger partial charge in [0.2, 0.25) is 5.88 Å². The van der Waals surface area contributed by atoms with E-state index in [1.54, 1.807) is 18.2 Å². The van der Waals surface area contributed by atoms with Crippen molar-refractivity contribution in [2.45, 2.75) is 51.3 Å². The number of nitrogens with zero attached hydrogens (tertiary/aromatic N) is 8. The van der Waals surface area contributed by atoms with Crippen LogP contribution in [0.25, 0.3) is 10.9 Å². The standard InChI is InChI=1S/C28H35N8O3/c1-17(13-29)21-12-18(9-11-35(21)27(37)39-28(2,3)4)36-16-31-23-24(36)20-8-10-30-26(38-7)22(20)32-25(23)34-14-19(15-34)33(5)6/h8,10,16,19,21H,1,9,11-12,14-15H2,2-7H3/q+1/t21-/m0/s1. The van der Waals surface area contributed by atoms with Crippen LogP contribution >= 0.6 is 0 Å². The Balaban J connectivity index is 1.59. The number of likely N-dealkylation sites (tertiary alicyclic amines) is 1. The maximum atomic E-state index is 13.0. The van der Waals surface area contributed by atoms with E-state index in [-0.39, 0.29) is 0 Å². The van der Waals surface area contributed by atoms with E-state index >= 15 is 0 Å². The van der Waals surface area contributed by atoms with E-state index in [1.807, 2.05) is 33.2 Å². The highest BCUT2D eigenvalue weighted by atomic mass is 16.6. The number of pyridine rings is 2. The number of rotatable bonds is 4. The SMILES string of the molecule is C=C(C#N)[C@@H]1CC(=[N+]2C=Nc3c(N4CC(N(C)C)C4)nc4c(OC)nccc4c32)CCN1C(=O)OC(C)(C)C. The summed E-state index contributed by atoms with van der Waals surface area (Å²) in [6.45, 7) is 11.5. The first-order valence-corrected chi connectivity index (χ1v) is 13.1. The third-order valence-corrected chi connectivity index (χ3v) is 7.39. The number of likely N-dealkylation sites (N-methyl/N-ethyl adjacent to an activating group) is 1. The summed E-state index contributed by atoms with van der Waals surface area (Å²) in [7, 11) is 5.76. The van der Waals surface area contributed by atoms with Crippen LogP contribution in [0, 0.1) is 11.3 Å². The number of ether oxygens (including phenoxy) is 2. The smallest absolute Gasteiger partial charge is 0.410 e. The predicted octanol–water partition coefficient (Wildman–Crippen LogP) is 3.63. The predicted molar refractivity (Wildman–Crippen MR) is 150 cm³/mol. The molecule has 2 saturated heterocycles. The van der Waals surface area contributed by atoms with Crippen molar-refractivity contribution >= 4 is 46.2 Å². The lowest BCUT2D eigenvalue weighted by molar-refractivity contribution is -0.292. The zero-order valence-corrected chi connectivity index (χ0v) is 23.4. The fourth-order valence-corrected chi connectivity index (χ4v) is 5.21. The summed E-state index contributed by atoms with van der Waals surface area (Å²) in [5.74, 6) is 1.25. The molecule has 0 N–H and O–H groups in total. The van der Waals surface area contributed by atoms with Crippen LogP contribution in [0.3, 0.4) is 0 Å². The van der Waals surface area contributed by atoms with Gasteiger partial charge in [-0.15, -0.1) is 0 Å². The molecule has 0 spiro atoms. The monoisotopic (exact) mass is 531 g/mol. The molecule has 39 heavy (non-hydrogen) atoms. The van der Waals surface area contributed by atoms with Crippen molar-refractivity contribution in [3.05, 3.63) is 24.4 Å². The van der Waals surface area contributed by atoms with Crippen LogP contribution in [-0.2, 0) is 4.74 Å². The first-order chi connectivity index (χ1) is 18.5. The van der Waals surface area contributed by atoms with Crippen LogP contribution < -0.4 is 9.64 Å². The van der Waals surface area contributed by atoms with Crippen LogP contribution in [-0.4, -0.2) is 101 Å². The van der Waals surface area contributed by atoms with Gasteiger partial charge in [-0.05, 0) is 45.9 Å². The van der Waals surface area contributed by atoms with Crippen molar-refractivity contribution in [3.63, 3.8) is 0 Å². The van der Waals surface area contributed by atoms with Gasteiger partial charge in [-0.1, -0.05) is 6.58 Å². The summed E-state index contributed by atoms with van der Waals surface area (Å²) in [6.07, 6.45) is 4.11. The van der Waals surface area contributed by atoms with Crippen LogP contribution in [0.4, 0.5) is 22.0 Å². The third-order valence-electron chi connectivity index (χ3n) is 7.39. The molecule has 1 atom stereocenters. The highest BCUT2D eigenvalue weighted by Gasteiger charge is 2.41. The number of piperidine rings is 1. The first kappa shape index (κ1) is 26.6. The largest absolute Gasteiger partial charge is 0.479 e. The maximum Gasteiger partial charge on any atom is 0.410 e. The van der Waals surface area contributed by atoms with Crippen LogP contribution in [0.5, 0.6) is 5.88 Å². The summed E-state index contributed by atoms with van der Waals surface area (Å²) >= 11 is 0. The summed E-state index contributed by atoms with van der Waals surface area (Å²) in [6, 6.07) is 4.02. The van der Waals surface area contributed by atoms with E-state index in [4.69, 9.17) is 19.5 Å². The number of methoxy groups -OCH3 is 1. The van der Waals surface area contributed by atoms with Gasteiger partial charge >= 0.3 is 6.09 Å². The Hall–Kier alpha value is -4.04. The fraction of sp³-hybridized carbons (Fsp3) is 0.500. The molecule has 0 radical (unpaired) electrons. The summed E-state index contributed by atoms with van der Waals surface area (Å²) in [5, 5.41) is 10.6. The fourth-order valence-electron chi connectivity index (χ4n) is 5.21. The molecule has 2 aromatic heterocycles. The minimum absolute atomic E-state index is 0.316. The molecule has 5 rings (SSSR count). The van der Waals surface area contributed by atoms with Gasteiger partial charge in [0, 0.05) is 50.3 Å². The van der Waals surface area contributed by atoms with E-state index < -0.39 is 17.7 Å². The third kappa shape index (κ3) is 4.81. The van der Waals surface area contributed by atoms with Gasteiger partial charge in [0.1, 0.15) is 11.1 Å². The number of carbonyl (C=O) groups is 1. The number of hydrogen-bond acceptors (Lipinski definition) is 9. The first-order valence-electron chi connectivity index (χ1n) is 13.1. The van der Waals surface area contributed by atoms with Gasteiger partial charge in [-0.25, -0.2) is 14.8 Å². The Morgan fingerprint density at radius 2 is 2.05 bits per heavy atom. The van der Waals surface area contributed by atoms with E-state index in [0.717, 1.165) is 41.4 Å². The number of aromatic nitrogens is 2. The molecule has 0 bridgehead atoms. The van der Waals surface area contributed by atoms with Gasteiger partial charge in [-0.3, -0.25) is 4.90 Å². The lowest BCUT2D eigenvalue weighted by atomic mass is 9.94. The number of nitriles is 1. The molecule has 0 saturated carbocycles. The molecule has 11 nitrogen and oxygen atoms in total. The Bertz CT molecular complexity index is 1440. The molecule has 204 valence electrons. The van der Waals surface area contributed by atoms with Crippen LogP contribution in [0.1, 0.15) is 33.6 Å². The molecule has 2 fully saturated rings. The van der Waals surface area contributed by atoms with Crippen molar-refractivity contribution in [2.24, 2.45) is 4.99 Å². The van der Waals surface area contributed by atoms with Gasteiger partial charge in [-0.2, -0.15) is 9.84 Å². The van der Waals surface area contributed by atoms with Gasteiger partial charge in [0.15, 0.2) is 11.5 Å². The Kier molecular flexibility index (Phi) is 6.76. The van der Waals surface area contributed by atoms with Gasteiger partial charge in [0.05, 0.1) is 30.3 Å². The maximum absolute atomic E-state index is 13.0. The van der Waals surface area contributed by atoms with E-state index in [9.17, 15) is 10.1 Å². The van der Waals surface area contributed by atoms with Crippen molar-refractivity contribution in [2.75, 3.05) is 45.7 Å². The molecule has 3 aliphatic heterocycles. The van der Waals surface area contributed by atoms with Crippen molar-refractivity contribution in [1.82, 2.24) is 19.8 Å². The number of carbonyl (C=O) groups excluding carboxylic acids is 1. The van der Waals surface area contributed by atoms with E-state index in [1.165, 1.54) is 0 Å². The molecule has 11 heteroatoms. The molecular formula is C28H35N8O3+. The van der Waals surface area contributed by atoms with Gasteiger partial charge in [0.25, 0.3) is 12.0 Å². The average molecular weight is 532 g/mol. The van der Waals surface area contributed by atoms with Crippen molar-refractivity contribution in [1.29, 1.82) is 5.26 Å². The number of hydrogen-bond donors (Lipinski definition) is 0. The number of fused-ring (bicyclic) bond motifs is 3. The second-order valence-electron chi connectivity index (χ2n) is 11.3. The minimum Gasteiger partial charge on any atom is -0.479 e. The average Bonchev–Trinajstić information content (AvgIpc) is 3.31. The number of amides is 1. The van der Waals surface area contributed by atoms with E-state index in [0.29, 0.717) is 42.4 Å². The highest BCUT2D eigenvalue weighted by Crippen LogP contribution is 2.47. The lowest BCUT2D eigenvalue weighted by Crippen LogP contribution is -2.57. The summed E-state index contributed by atoms with van der Waals surface area (Å²) in [4.78, 5) is 33.3. The molecular weight excluding hydrogens is 496 g/mol. The molecule has 0 unspecified atom stereocenters. The molecule has 3 aliphatic rings. The summed E-state index contributed by atoms with van der Waals surface area (Å²) < 4.78 is 13.3.